The first-order valence-corrected chi connectivity index (χ1v) is 10.1. The van der Waals surface area contributed by atoms with Crippen LogP contribution in [-0.4, -0.2) is 53.3 Å². The van der Waals surface area contributed by atoms with Crippen LogP contribution in [0.3, 0.4) is 0 Å². The number of nitrogens with zero attached hydrogens (tertiary/aromatic N) is 3. The Balaban J connectivity index is 1.48. The highest BCUT2D eigenvalue weighted by atomic mass is 35.5. The highest BCUT2D eigenvalue weighted by Gasteiger charge is 2.38. The van der Waals surface area contributed by atoms with Gasteiger partial charge in [-0.2, -0.15) is 0 Å². The molecule has 4 rings (SSSR count). The average molecular weight is 430 g/mol. The van der Waals surface area contributed by atoms with Crippen LogP contribution in [0.5, 0.6) is 0 Å². The van der Waals surface area contributed by atoms with Gasteiger partial charge in [0.2, 0.25) is 11.8 Å². The van der Waals surface area contributed by atoms with Gasteiger partial charge in [-0.15, -0.1) is 0 Å². The molecule has 2 aromatic carbocycles. The number of hydrogen-bond acceptors (Lipinski definition) is 3. The second-order valence-corrected chi connectivity index (χ2v) is 8.02. The number of anilines is 1. The summed E-state index contributed by atoms with van der Waals surface area (Å²) in [5.74, 6) is -1.40. The summed E-state index contributed by atoms with van der Waals surface area (Å²) in [6, 6.07) is 10.7. The van der Waals surface area contributed by atoms with E-state index in [2.05, 4.69) is 0 Å². The smallest absolute Gasteiger partial charge is 0.254 e. The van der Waals surface area contributed by atoms with E-state index < -0.39 is 5.82 Å². The van der Waals surface area contributed by atoms with E-state index in [-0.39, 0.29) is 49.1 Å². The number of rotatable bonds is 5. The number of carbonyl (C=O) groups is 3. The van der Waals surface area contributed by atoms with Crippen molar-refractivity contribution in [3.63, 3.8) is 0 Å². The number of benzene rings is 2. The highest BCUT2D eigenvalue weighted by Crippen LogP contribution is 2.30. The summed E-state index contributed by atoms with van der Waals surface area (Å²) in [5, 5.41) is 0.547. The van der Waals surface area contributed by atoms with Gasteiger partial charge in [0, 0.05) is 22.3 Å². The maximum Gasteiger partial charge on any atom is 0.254 e. The molecule has 0 bridgehead atoms. The molecule has 30 heavy (non-hydrogen) atoms. The molecule has 1 saturated carbocycles. The minimum absolute atomic E-state index is 0.0331. The van der Waals surface area contributed by atoms with Gasteiger partial charge in [-0.05, 0) is 55.7 Å². The fraction of sp³-hybridized carbons (Fsp3) is 0.318. The topological polar surface area (TPSA) is 60.9 Å². The lowest BCUT2D eigenvalue weighted by molar-refractivity contribution is -0.132. The van der Waals surface area contributed by atoms with Crippen LogP contribution >= 0.6 is 11.6 Å². The van der Waals surface area contributed by atoms with E-state index in [1.54, 1.807) is 18.2 Å². The van der Waals surface area contributed by atoms with Gasteiger partial charge in [-0.3, -0.25) is 19.3 Å². The number of hydrogen-bond donors (Lipinski definition) is 0. The Morgan fingerprint density at radius 3 is 2.63 bits per heavy atom. The van der Waals surface area contributed by atoms with E-state index in [0.29, 0.717) is 10.7 Å². The zero-order valence-corrected chi connectivity index (χ0v) is 17.2. The van der Waals surface area contributed by atoms with Crippen molar-refractivity contribution in [1.82, 2.24) is 9.80 Å². The molecule has 0 radical (unpaired) electrons. The Kier molecular flexibility index (Phi) is 5.47. The first-order valence-electron chi connectivity index (χ1n) is 9.75. The van der Waals surface area contributed by atoms with Crippen molar-refractivity contribution in [2.24, 2.45) is 0 Å². The van der Waals surface area contributed by atoms with Crippen LogP contribution in [0.4, 0.5) is 10.1 Å². The first-order chi connectivity index (χ1) is 14.3. The molecular formula is C22H21ClFN3O3. The Labute approximate surface area is 178 Å². The van der Waals surface area contributed by atoms with E-state index >= 15 is 0 Å². The van der Waals surface area contributed by atoms with Crippen LogP contribution in [0.25, 0.3) is 0 Å². The first kappa shape index (κ1) is 20.3. The third kappa shape index (κ3) is 4.03. The van der Waals surface area contributed by atoms with Crippen molar-refractivity contribution in [3.05, 3.63) is 64.4 Å². The second kappa shape index (κ2) is 8.07. The molecule has 0 atom stereocenters. The molecule has 2 aliphatic rings. The molecule has 8 heteroatoms. The fourth-order valence-electron chi connectivity index (χ4n) is 3.60. The maximum atomic E-state index is 13.5. The summed E-state index contributed by atoms with van der Waals surface area (Å²) < 4.78 is 13.5. The van der Waals surface area contributed by atoms with E-state index in [0.717, 1.165) is 18.4 Å². The number of carbonyl (C=O) groups excluding carboxylic acids is 3. The van der Waals surface area contributed by atoms with Gasteiger partial charge < -0.3 is 9.80 Å². The molecule has 2 aromatic rings. The van der Waals surface area contributed by atoms with Crippen molar-refractivity contribution in [1.29, 1.82) is 0 Å². The van der Waals surface area contributed by atoms with E-state index in [1.165, 1.54) is 39.0 Å². The van der Waals surface area contributed by atoms with Crippen LogP contribution in [0.2, 0.25) is 5.02 Å². The van der Waals surface area contributed by atoms with Crippen LogP contribution in [0.1, 0.15) is 28.8 Å². The summed E-state index contributed by atoms with van der Waals surface area (Å²) in [4.78, 5) is 42.8. The average Bonchev–Trinajstić information content (AvgIpc) is 3.49. The third-order valence-corrected chi connectivity index (χ3v) is 5.86. The molecule has 156 valence electrons. The molecule has 1 aliphatic carbocycles. The number of amides is 3. The minimum atomic E-state index is -0.499. The van der Waals surface area contributed by atoms with Gasteiger partial charge in [0.25, 0.3) is 5.91 Å². The van der Waals surface area contributed by atoms with Crippen molar-refractivity contribution in [3.8, 4) is 0 Å². The predicted octanol–water partition coefficient (Wildman–Crippen LogP) is 3.23. The minimum Gasteiger partial charge on any atom is -0.326 e. The van der Waals surface area contributed by atoms with Crippen LogP contribution in [0.15, 0.2) is 42.5 Å². The molecule has 0 unspecified atom stereocenters. The van der Waals surface area contributed by atoms with Crippen LogP contribution in [-0.2, 0) is 9.59 Å². The molecule has 1 saturated heterocycles. The molecule has 0 N–H and O–H groups in total. The lowest BCUT2D eigenvalue weighted by Gasteiger charge is -2.25. The van der Waals surface area contributed by atoms with Crippen LogP contribution in [0, 0.1) is 12.7 Å². The Morgan fingerprint density at radius 2 is 1.93 bits per heavy atom. The quantitative estimate of drug-likeness (QED) is 0.733. The molecule has 0 aromatic heterocycles. The Morgan fingerprint density at radius 1 is 1.20 bits per heavy atom. The lowest BCUT2D eigenvalue weighted by atomic mass is 10.2. The summed E-state index contributed by atoms with van der Waals surface area (Å²) in [7, 11) is 0. The molecule has 0 spiro atoms. The monoisotopic (exact) mass is 429 g/mol. The summed E-state index contributed by atoms with van der Waals surface area (Å²) >= 11 is 6.16. The van der Waals surface area contributed by atoms with E-state index in [4.69, 9.17) is 11.6 Å². The van der Waals surface area contributed by atoms with Crippen molar-refractivity contribution in [2.75, 3.05) is 24.7 Å². The van der Waals surface area contributed by atoms with Gasteiger partial charge in [-0.25, -0.2) is 4.39 Å². The highest BCUT2D eigenvalue weighted by molar-refractivity contribution is 6.31. The Bertz CT molecular complexity index is 1020. The Hall–Kier alpha value is -2.93. The van der Waals surface area contributed by atoms with Gasteiger partial charge in [0.05, 0.1) is 0 Å². The van der Waals surface area contributed by atoms with Gasteiger partial charge >= 0.3 is 0 Å². The van der Waals surface area contributed by atoms with Crippen molar-refractivity contribution >= 4 is 35.0 Å². The van der Waals surface area contributed by atoms with Crippen molar-refractivity contribution < 1.29 is 18.8 Å². The summed E-state index contributed by atoms with van der Waals surface area (Å²) in [6.45, 7) is 1.72. The van der Waals surface area contributed by atoms with Gasteiger partial charge in [0.1, 0.15) is 25.6 Å². The molecule has 3 amide bonds. The van der Waals surface area contributed by atoms with E-state index in [1.807, 2.05) is 6.92 Å². The molecular weight excluding hydrogens is 409 g/mol. The predicted molar refractivity (Wildman–Crippen MR) is 111 cm³/mol. The summed E-state index contributed by atoms with van der Waals surface area (Å²) in [6.07, 6.45) is 1.61. The SMILES string of the molecule is Cc1c(Cl)cccc1N1CN(C(=O)CN(C(=O)c2cccc(F)c2)C2CC2)CC1=O. The zero-order valence-electron chi connectivity index (χ0n) is 16.5. The largest absolute Gasteiger partial charge is 0.326 e. The maximum absolute atomic E-state index is 13.5. The third-order valence-electron chi connectivity index (χ3n) is 5.45. The molecule has 1 aliphatic heterocycles. The van der Waals surface area contributed by atoms with Gasteiger partial charge in [-0.1, -0.05) is 23.7 Å². The molecule has 2 fully saturated rings. The van der Waals surface area contributed by atoms with Crippen molar-refractivity contribution in [2.45, 2.75) is 25.8 Å². The zero-order chi connectivity index (χ0) is 21.4. The van der Waals surface area contributed by atoms with Gasteiger partial charge in [0.15, 0.2) is 0 Å². The molecule has 6 nitrogen and oxygen atoms in total. The van der Waals surface area contributed by atoms with E-state index in [9.17, 15) is 18.8 Å². The standard InChI is InChI=1S/C22H21ClFN3O3/c1-14-18(23)6-3-7-19(14)27-13-25(11-21(27)29)20(28)12-26(17-8-9-17)22(30)15-4-2-5-16(24)10-15/h2-7,10,17H,8-9,11-13H2,1H3. The number of halogens is 2. The lowest BCUT2D eigenvalue weighted by Crippen LogP contribution is -2.43. The fourth-order valence-corrected chi connectivity index (χ4v) is 3.77. The van der Waals surface area contributed by atoms with Crippen LogP contribution < -0.4 is 4.90 Å². The molecule has 1 heterocycles. The summed E-state index contributed by atoms with van der Waals surface area (Å²) in [5.41, 5.74) is 1.64. The normalized spacial score (nSPS) is 16.2. The second-order valence-electron chi connectivity index (χ2n) is 7.61.